The fourth-order valence-electron chi connectivity index (χ4n) is 2.32. The molecule has 0 amide bonds. The minimum absolute atomic E-state index is 0.0735. The summed E-state index contributed by atoms with van der Waals surface area (Å²) in [5.41, 5.74) is -1.25. The molecule has 1 heterocycles. The molecule has 1 aromatic heterocycles. The monoisotopic (exact) mass is 428 g/mol. The molecule has 28 heavy (non-hydrogen) atoms. The van der Waals surface area contributed by atoms with Crippen LogP contribution < -0.4 is 15.4 Å². The minimum atomic E-state index is -3.65. The van der Waals surface area contributed by atoms with Crippen LogP contribution in [0.1, 0.15) is 19.6 Å². The van der Waals surface area contributed by atoms with E-state index < -0.39 is 15.6 Å². The van der Waals surface area contributed by atoms with Gasteiger partial charge in [-0.25, -0.2) is 18.1 Å². The molecule has 2 aromatic rings. The van der Waals surface area contributed by atoms with Crippen LogP contribution in [0.25, 0.3) is 0 Å². The van der Waals surface area contributed by atoms with Crippen LogP contribution in [0, 0.1) is 0 Å². The number of hydrogen-bond acceptors (Lipinski definition) is 5. The van der Waals surface area contributed by atoms with Crippen LogP contribution in [0.15, 0.2) is 57.0 Å². The van der Waals surface area contributed by atoms with Crippen LogP contribution >= 0.6 is 11.6 Å². The molecule has 0 radical (unpaired) electrons. The molecule has 10 heteroatoms. The zero-order chi connectivity index (χ0) is 20.6. The Morgan fingerprint density at radius 1 is 1.25 bits per heavy atom. The number of rotatable bonds is 9. The largest absolute Gasteiger partial charge is 0.466 e. The molecule has 1 aromatic carbocycles. The summed E-state index contributed by atoms with van der Waals surface area (Å²) in [6.45, 7) is 4.65. The lowest BCUT2D eigenvalue weighted by molar-refractivity contribution is 0.0437. The topological polar surface area (TPSA) is 116 Å². The summed E-state index contributed by atoms with van der Waals surface area (Å²) in [5.74, 6) is 0.873. The number of aliphatic hydroxyl groups is 1. The summed E-state index contributed by atoms with van der Waals surface area (Å²) < 4.78 is 32.2. The first-order valence-corrected chi connectivity index (χ1v) is 10.6. The quantitative estimate of drug-likeness (QED) is 0.274. The van der Waals surface area contributed by atoms with E-state index >= 15 is 0 Å². The van der Waals surface area contributed by atoms with Gasteiger partial charge in [-0.2, -0.15) is 0 Å². The number of furan rings is 1. The Morgan fingerprint density at radius 3 is 2.68 bits per heavy atom. The number of sulfonamides is 1. The highest BCUT2D eigenvalue weighted by molar-refractivity contribution is 7.89. The maximum absolute atomic E-state index is 12.3. The van der Waals surface area contributed by atoms with Gasteiger partial charge < -0.3 is 20.2 Å². The van der Waals surface area contributed by atoms with Crippen LogP contribution in [0.2, 0.25) is 5.02 Å². The molecule has 0 saturated carbocycles. The third-order valence-electron chi connectivity index (χ3n) is 3.76. The van der Waals surface area contributed by atoms with Crippen molar-refractivity contribution in [2.75, 3.05) is 26.2 Å². The van der Waals surface area contributed by atoms with Crippen LogP contribution in [-0.2, 0) is 15.6 Å². The molecule has 1 unspecified atom stereocenters. The van der Waals surface area contributed by atoms with Gasteiger partial charge in [-0.05, 0) is 44.2 Å². The molecule has 0 bridgehead atoms. The summed E-state index contributed by atoms with van der Waals surface area (Å²) in [6.07, 6.45) is 1.49. The van der Waals surface area contributed by atoms with Crippen LogP contribution in [0.5, 0.6) is 0 Å². The van der Waals surface area contributed by atoms with Gasteiger partial charge in [0.2, 0.25) is 10.0 Å². The van der Waals surface area contributed by atoms with Gasteiger partial charge in [-0.3, -0.25) is 0 Å². The number of guanidine groups is 1. The SMILES string of the molecule is CCNC(=NCC(C)(O)c1ccco1)NCCNS(=O)(=O)c1cccc(Cl)c1. The van der Waals surface area contributed by atoms with E-state index in [1.165, 1.54) is 18.4 Å². The average molecular weight is 429 g/mol. The lowest BCUT2D eigenvalue weighted by Gasteiger charge is -2.19. The van der Waals surface area contributed by atoms with Crippen molar-refractivity contribution in [3.8, 4) is 0 Å². The Hall–Kier alpha value is -2.07. The summed E-state index contributed by atoms with van der Waals surface area (Å²) in [4.78, 5) is 4.44. The van der Waals surface area contributed by atoms with E-state index in [1.54, 1.807) is 31.2 Å². The molecule has 154 valence electrons. The van der Waals surface area contributed by atoms with E-state index in [-0.39, 0.29) is 18.0 Å². The first-order valence-electron chi connectivity index (χ1n) is 8.78. The van der Waals surface area contributed by atoms with Crippen LogP contribution in [0.4, 0.5) is 0 Å². The normalized spacial score (nSPS) is 14.5. The van der Waals surface area contributed by atoms with Crippen molar-refractivity contribution in [3.63, 3.8) is 0 Å². The second-order valence-corrected chi connectivity index (χ2v) is 8.43. The van der Waals surface area contributed by atoms with E-state index in [1.807, 2.05) is 6.92 Å². The van der Waals surface area contributed by atoms with E-state index in [2.05, 4.69) is 20.3 Å². The highest BCUT2D eigenvalue weighted by Crippen LogP contribution is 2.21. The van der Waals surface area contributed by atoms with Crippen molar-refractivity contribution in [1.82, 2.24) is 15.4 Å². The van der Waals surface area contributed by atoms with Crippen molar-refractivity contribution < 1.29 is 17.9 Å². The Balaban J connectivity index is 1.89. The second kappa shape index (κ2) is 9.92. The summed E-state index contributed by atoms with van der Waals surface area (Å²) in [5, 5.41) is 16.9. The molecular weight excluding hydrogens is 404 g/mol. The zero-order valence-corrected chi connectivity index (χ0v) is 17.3. The lowest BCUT2D eigenvalue weighted by Crippen LogP contribution is -2.42. The summed E-state index contributed by atoms with van der Waals surface area (Å²) in [6, 6.07) is 9.43. The van der Waals surface area contributed by atoms with Gasteiger partial charge in [-0.15, -0.1) is 0 Å². The Kier molecular flexibility index (Phi) is 7.88. The molecule has 4 N–H and O–H groups in total. The summed E-state index contributed by atoms with van der Waals surface area (Å²) in [7, 11) is -3.65. The molecule has 0 aliphatic heterocycles. The smallest absolute Gasteiger partial charge is 0.240 e. The van der Waals surface area contributed by atoms with Gasteiger partial charge in [-0.1, -0.05) is 17.7 Å². The predicted molar refractivity (Wildman–Crippen MR) is 109 cm³/mol. The van der Waals surface area contributed by atoms with Crippen molar-refractivity contribution in [1.29, 1.82) is 0 Å². The van der Waals surface area contributed by atoms with E-state index in [0.717, 1.165) is 0 Å². The zero-order valence-electron chi connectivity index (χ0n) is 15.8. The Morgan fingerprint density at radius 2 is 2.04 bits per heavy atom. The molecule has 1 atom stereocenters. The maximum Gasteiger partial charge on any atom is 0.240 e. The van der Waals surface area contributed by atoms with Gasteiger partial charge in [0.05, 0.1) is 17.7 Å². The number of aliphatic imine (C=N–C) groups is 1. The number of halogens is 1. The van der Waals surface area contributed by atoms with Crippen molar-refractivity contribution >= 4 is 27.6 Å². The van der Waals surface area contributed by atoms with E-state index in [9.17, 15) is 13.5 Å². The maximum atomic E-state index is 12.3. The number of nitrogens with zero attached hydrogens (tertiary/aromatic N) is 1. The van der Waals surface area contributed by atoms with Gasteiger partial charge in [0, 0.05) is 24.7 Å². The molecule has 0 fully saturated rings. The Bertz CT molecular complexity index is 883. The highest BCUT2D eigenvalue weighted by atomic mass is 35.5. The first kappa shape index (κ1) is 22.2. The van der Waals surface area contributed by atoms with Crippen molar-refractivity contribution in [2.24, 2.45) is 4.99 Å². The van der Waals surface area contributed by atoms with Gasteiger partial charge >= 0.3 is 0 Å². The second-order valence-electron chi connectivity index (χ2n) is 6.23. The molecule has 8 nitrogen and oxygen atoms in total. The van der Waals surface area contributed by atoms with E-state index in [0.29, 0.717) is 29.8 Å². The fourth-order valence-corrected chi connectivity index (χ4v) is 3.65. The number of benzene rings is 1. The molecule has 0 aliphatic rings. The predicted octanol–water partition coefficient (Wildman–Crippen LogP) is 1.67. The molecular formula is C18H25ClN4O4S. The lowest BCUT2D eigenvalue weighted by atomic mass is 10.0. The van der Waals surface area contributed by atoms with Crippen LogP contribution in [0.3, 0.4) is 0 Å². The number of nitrogens with one attached hydrogen (secondary N) is 3. The van der Waals surface area contributed by atoms with Gasteiger partial charge in [0.25, 0.3) is 0 Å². The third-order valence-corrected chi connectivity index (χ3v) is 5.45. The molecule has 0 spiro atoms. The minimum Gasteiger partial charge on any atom is -0.466 e. The molecule has 0 saturated heterocycles. The van der Waals surface area contributed by atoms with Crippen molar-refractivity contribution in [2.45, 2.75) is 24.3 Å². The van der Waals surface area contributed by atoms with Gasteiger partial charge in [0.15, 0.2) is 5.96 Å². The third kappa shape index (κ3) is 6.52. The first-order chi connectivity index (χ1) is 13.2. The van der Waals surface area contributed by atoms with Crippen molar-refractivity contribution in [3.05, 3.63) is 53.4 Å². The summed E-state index contributed by atoms with van der Waals surface area (Å²) >= 11 is 5.84. The standard InChI is InChI=1S/C18H25ClN4O4S/c1-3-20-17(22-13-18(2,24)16-8-5-11-27-16)21-9-10-23-28(25,26)15-7-4-6-14(19)12-15/h4-8,11-12,23-24H,3,9-10,13H2,1-2H3,(H2,20,21,22). The van der Waals surface area contributed by atoms with E-state index in [4.69, 9.17) is 16.0 Å². The Labute approximate surface area is 170 Å². The molecule has 2 rings (SSSR count). The van der Waals surface area contributed by atoms with Crippen LogP contribution in [-0.4, -0.2) is 45.7 Å². The fraction of sp³-hybridized carbons (Fsp3) is 0.389. The van der Waals surface area contributed by atoms with Gasteiger partial charge in [0.1, 0.15) is 11.4 Å². The highest BCUT2D eigenvalue weighted by Gasteiger charge is 2.26. The number of hydrogen-bond donors (Lipinski definition) is 4. The molecule has 0 aliphatic carbocycles. The average Bonchev–Trinajstić information content (AvgIpc) is 3.19.